The van der Waals surface area contributed by atoms with Crippen molar-refractivity contribution in [3.8, 4) is 0 Å². The third kappa shape index (κ3) is 3.34. The highest BCUT2D eigenvalue weighted by Gasteiger charge is 2.39. The van der Waals surface area contributed by atoms with Crippen LogP contribution in [0.25, 0.3) is 0 Å². The molecule has 2 aliphatic rings. The Morgan fingerprint density at radius 2 is 1.94 bits per heavy atom. The Bertz CT molecular complexity index is 284. The third-order valence-electron chi connectivity index (χ3n) is 4.77. The predicted molar refractivity (Wildman–Crippen MR) is 78.4 cm³/mol. The van der Waals surface area contributed by atoms with Crippen molar-refractivity contribution in [3.05, 3.63) is 0 Å². The van der Waals surface area contributed by atoms with Gasteiger partial charge in [0, 0.05) is 47.0 Å². The minimum Gasteiger partial charge on any atom is -0.317 e. The van der Waals surface area contributed by atoms with Crippen LogP contribution in [0.15, 0.2) is 0 Å². The Hall–Kier alpha value is 0.0700. The average Bonchev–Trinajstić information content (AvgIpc) is 2.34. The first-order valence-electron chi connectivity index (χ1n) is 7.36. The summed E-state index contributed by atoms with van der Waals surface area (Å²) in [5.41, 5.74) is 0. The van der Waals surface area contributed by atoms with Gasteiger partial charge in [-0.05, 0) is 46.1 Å². The molecular weight excluding hydrogens is 244 g/mol. The van der Waals surface area contributed by atoms with Gasteiger partial charge >= 0.3 is 0 Å². The van der Waals surface area contributed by atoms with Crippen LogP contribution in [-0.2, 0) is 10.8 Å². The number of piperidine rings is 2. The van der Waals surface area contributed by atoms with Gasteiger partial charge in [-0.3, -0.25) is 9.11 Å². The molecule has 2 saturated heterocycles. The normalized spacial score (nSPS) is 36.3. The van der Waals surface area contributed by atoms with E-state index in [1.165, 1.54) is 32.1 Å². The highest BCUT2D eigenvalue weighted by molar-refractivity contribution is 7.84. The van der Waals surface area contributed by atoms with E-state index in [1.54, 1.807) is 0 Å². The molecule has 4 unspecified atom stereocenters. The zero-order chi connectivity index (χ0) is 13.1. The lowest BCUT2D eigenvalue weighted by atomic mass is 9.80. The molecule has 0 aromatic carbocycles. The maximum Gasteiger partial charge on any atom is 0.0246 e. The first-order chi connectivity index (χ1) is 8.61. The number of hydrogen-bond acceptors (Lipinski definition) is 3. The van der Waals surface area contributed by atoms with Gasteiger partial charge in [0.1, 0.15) is 0 Å². The van der Waals surface area contributed by atoms with E-state index in [-0.39, 0.29) is 0 Å². The van der Waals surface area contributed by atoms with Crippen molar-refractivity contribution >= 4 is 10.8 Å². The standard InChI is InChI=1S/C14H28N2OS/c1-11(7-8-18(3)17)16-13-5-4-6-14(16)10-12(9-13)15-2/h11-15H,4-10H2,1-3H3. The molecule has 0 aromatic rings. The number of rotatable bonds is 5. The molecule has 0 radical (unpaired) electrons. The molecule has 3 nitrogen and oxygen atoms in total. The van der Waals surface area contributed by atoms with Crippen LogP contribution >= 0.6 is 0 Å². The number of nitrogens with zero attached hydrogens (tertiary/aromatic N) is 1. The molecule has 0 spiro atoms. The summed E-state index contributed by atoms with van der Waals surface area (Å²) in [6.07, 6.45) is 9.61. The van der Waals surface area contributed by atoms with Crippen LogP contribution in [0.3, 0.4) is 0 Å². The van der Waals surface area contributed by atoms with Gasteiger partial charge in [-0.2, -0.15) is 0 Å². The van der Waals surface area contributed by atoms with E-state index in [0.29, 0.717) is 12.1 Å². The van der Waals surface area contributed by atoms with Crippen molar-refractivity contribution in [1.29, 1.82) is 0 Å². The van der Waals surface area contributed by atoms with Crippen LogP contribution in [0, 0.1) is 0 Å². The summed E-state index contributed by atoms with van der Waals surface area (Å²) < 4.78 is 11.3. The zero-order valence-corrected chi connectivity index (χ0v) is 12.8. The molecule has 2 rings (SSSR count). The average molecular weight is 272 g/mol. The van der Waals surface area contributed by atoms with Crippen LogP contribution in [0.4, 0.5) is 0 Å². The van der Waals surface area contributed by atoms with Gasteiger partial charge in [0.25, 0.3) is 0 Å². The summed E-state index contributed by atoms with van der Waals surface area (Å²) in [5.74, 6) is 0.854. The number of hydrogen-bond donors (Lipinski definition) is 1. The van der Waals surface area contributed by atoms with Gasteiger partial charge in [-0.1, -0.05) is 6.42 Å². The molecule has 4 atom stereocenters. The molecule has 18 heavy (non-hydrogen) atoms. The van der Waals surface area contributed by atoms with Crippen LogP contribution in [0.5, 0.6) is 0 Å². The van der Waals surface area contributed by atoms with Gasteiger partial charge in [0.05, 0.1) is 0 Å². The van der Waals surface area contributed by atoms with Gasteiger partial charge in [0.2, 0.25) is 0 Å². The van der Waals surface area contributed by atoms with Crippen LogP contribution in [-0.4, -0.2) is 52.3 Å². The molecular formula is C14H28N2OS. The van der Waals surface area contributed by atoms with E-state index in [1.807, 2.05) is 6.26 Å². The molecule has 1 N–H and O–H groups in total. The van der Waals surface area contributed by atoms with E-state index in [2.05, 4.69) is 24.2 Å². The van der Waals surface area contributed by atoms with E-state index < -0.39 is 10.8 Å². The van der Waals surface area contributed by atoms with Gasteiger partial charge in [-0.15, -0.1) is 0 Å². The third-order valence-corrected chi connectivity index (χ3v) is 5.58. The molecule has 0 amide bonds. The topological polar surface area (TPSA) is 32.3 Å². The van der Waals surface area contributed by atoms with E-state index in [9.17, 15) is 4.21 Å². The molecule has 2 heterocycles. The molecule has 4 heteroatoms. The molecule has 2 fully saturated rings. The minimum atomic E-state index is -0.645. The lowest BCUT2D eigenvalue weighted by Gasteiger charge is -2.51. The Morgan fingerprint density at radius 3 is 2.44 bits per heavy atom. The van der Waals surface area contributed by atoms with Gasteiger partial charge < -0.3 is 5.32 Å². The predicted octanol–water partition coefficient (Wildman–Crippen LogP) is 1.75. The first kappa shape index (κ1) is 14.5. The fourth-order valence-corrected chi connectivity index (χ4v) is 4.53. The summed E-state index contributed by atoms with van der Waals surface area (Å²) >= 11 is 0. The largest absolute Gasteiger partial charge is 0.317 e. The summed E-state index contributed by atoms with van der Waals surface area (Å²) in [6, 6.07) is 2.83. The second kappa shape index (κ2) is 6.49. The monoisotopic (exact) mass is 272 g/mol. The molecule has 0 saturated carbocycles. The maximum absolute atomic E-state index is 11.3. The number of nitrogens with one attached hydrogen (secondary N) is 1. The summed E-state index contributed by atoms with van der Waals surface area (Å²) in [7, 11) is 1.45. The van der Waals surface area contributed by atoms with Crippen molar-refractivity contribution in [1.82, 2.24) is 10.2 Å². The Labute approximate surface area is 114 Å². The minimum absolute atomic E-state index is 0.599. The van der Waals surface area contributed by atoms with Crippen molar-refractivity contribution in [2.45, 2.75) is 69.6 Å². The second-order valence-electron chi connectivity index (χ2n) is 6.06. The van der Waals surface area contributed by atoms with E-state index in [4.69, 9.17) is 0 Å². The Morgan fingerprint density at radius 1 is 1.33 bits per heavy atom. The van der Waals surface area contributed by atoms with Crippen molar-refractivity contribution in [3.63, 3.8) is 0 Å². The lowest BCUT2D eigenvalue weighted by molar-refractivity contribution is -0.00494. The quantitative estimate of drug-likeness (QED) is 0.827. The van der Waals surface area contributed by atoms with Crippen LogP contribution in [0.1, 0.15) is 45.4 Å². The molecule has 0 aliphatic carbocycles. The Balaban J connectivity index is 1.97. The summed E-state index contributed by atoms with van der Waals surface area (Å²) in [4.78, 5) is 2.75. The van der Waals surface area contributed by atoms with E-state index >= 15 is 0 Å². The Kier molecular flexibility index (Phi) is 5.22. The number of fused-ring (bicyclic) bond motifs is 2. The van der Waals surface area contributed by atoms with Crippen molar-refractivity contribution in [2.24, 2.45) is 0 Å². The summed E-state index contributed by atoms with van der Waals surface area (Å²) in [5, 5.41) is 3.47. The zero-order valence-electron chi connectivity index (χ0n) is 12.0. The molecule has 0 aromatic heterocycles. The molecule has 106 valence electrons. The molecule has 2 aliphatic heterocycles. The lowest BCUT2D eigenvalue weighted by Crippen LogP contribution is -2.58. The highest BCUT2D eigenvalue weighted by atomic mass is 32.2. The maximum atomic E-state index is 11.3. The fraction of sp³-hybridized carbons (Fsp3) is 1.00. The first-order valence-corrected chi connectivity index (χ1v) is 9.09. The second-order valence-corrected chi connectivity index (χ2v) is 7.61. The van der Waals surface area contributed by atoms with Crippen LogP contribution in [0.2, 0.25) is 0 Å². The van der Waals surface area contributed by atoms with Gasteiger partial charge in [0.15, 0.2) is 0 Å². The fourth-order valence-electron chi connectivity index (χ4n) is 3.86. The van der Waals surface area contributed by atoms with Crippen molar-refractivity contribution < 1.29 is 4.21 Å². The SMILES string of the molecule is CNC1CC2CCCC(C1)N2C(C)CCS(C)=O. The highest BCUT2D eigenvalue weighted by Crippen LogP contribution is 2.36. The van der Waals surface area contributed by atoms with Crippen molar-refractivity contribution in [2.75, 3.05) is 19.1 Å². The van der Waals surface area contributed by atoms with Gasteiger partial charge in [-0.25, -0.2) is 0 Å². The van der Waals surface area contributed by atoms with E-state index in [0.717, 1.165) is 24.3 Å². The molecule has 2 bridgehead atoms. The summed E-state index contributed by atoms with van der Waals surface area (Å²) in [6.45, 7) is 2.33. The smallest absolute Gasteiger partial charge is 0.0246 e. The van der Waals surface area contributed by atoms with Crippen LogP contribution < -0.4 is 5.32 Å².